The maximum Gasteiger partial charge on any atom is 0.261 e. The SMILES string of the molecule is CCCCS(=O)(=O)Cc1cc(N2C(=O)C3=C(CCCC3)C2=O)c(F)cc1Cl. The molecule has 27 heavy (non-hydrogen) atoms. The number of halogens is 2. The highest BCUT2D eigenvalue weighted by Gasteiger charge is 2.41. The van der Waals surface area contributed by atoms with Crippen molar-refractivity contribution in [2.24, 2.45) is 0 Å². The average Bonchev–Trinajstić information content (AvgIpc) is 2.87. The van der Waals surface area contributed by atoms with Gasteiger partial charge in [-0.25, -0.2) is 17.7 Å². The zero-order valence-corrected chi connectivity index (χ0v) is 16.6. The monoisotopic (exact) mass is 413 g/mol. The number of nitrogens with zero attached hydrogens (tertiary/aromatic N) is 1. The predicted molar refractivity (Wildman–Crippen MR) is 102 cm³/mol. The zero-order valence-electron chi connectivity index (χ0n) is 15.1. The van der Waals surface area contributed by atoms with Crippen LogP contribution in [0.5, 0.6) is 0 Å². The lowest BCUT2D eigenvalue weighted by Gasteiger charge is -2.18. The molecule has 0 saturated carbocycles. The van der Waals surface area contributed by atoms with Crippen molar-refractivity contribution in [3.8, 4) is 0 Å². The standard InChI is InChI=1S/C19H21ClFNO4S/c1-2-3-8-27(25,26)11-12-9-17(16(21)10-15(12)20)22-18(23)13-6-4-5-7-14(13)19(22)24/h9-10H,2-8,11H2,1H3. The fraction of sp³-hybridized carbons (Fsp3) is 0.474. The molecule has 0 fully saturated rings. The summed E-state index contributed by atoms with van der Waals surface area (Å²) in [5, 5.41) is -0.0341. The van der Waals surface area contributed by atoms with Crippen LogP contribution < -0.4 is 4.90 Å². The van der Waals surface area contributed by atoms with E-state index in [1.165, 1.54) is 6.07 Å². The predicted octanol–water partition coefficient (Wildman–Crippen LogP) is 3.94. The Morgan fingerprint density at radius 1 is 1.11 bits per heavy atom. The van der Waals surface area contributed by atoms with E-state index in [2.05, 4.69) is 0 Å². The summed E-state index contributed by atoms with van der Waals surface area (Å²) in [5.74, 6) is -2.21. The molecule has 0 saturated heterocycles. The topological polar surface area (TPSA) is 71.5 Å². The minimum atomic E-state index is -3.43. The quantitative estimate of drug-likeness (QED) is 0.662. The molecule has 0 atom stereocenters. The number of imide groups is 1. The van der Waals surface area contributed by atoms with Crippen molar-refractivity contribution in [3.63, 3.8) is 0 Å². The van der Waals surface area contributed by atoms with Crippen LogP contribution in [-0.4, -0.2) is 26.0 Å². The van der Waals surface area contributed by atoms with Crippen LogP contribution in [-0.2, 0) is 25.2 Å². The van der Waals surface area contributed by atoms with E-state index in [9.17, 15) is 22.4 Å². The molecule has 146 valence electrons. The maximum atomic E-state index is 14.5. The number of carbonyl (C=O) groups is 2. The highest BCUT2D eigenvalue weighted by Crippen LogP contribution is 2.38. The molecule has 1 aliphatic carbocycles. The van der Waals surface area contributed by atoms with Crippen molar-refractivity contribution in [1.82, 2.24) is 0 Å². The second-order valence-electron chi connectivity index (χ2n) is 6.95. The van der Waals surface area contributed by atoms with Crippen LogP contribution in [0.15, 0.2) is 23.3 Å². The Morgan fingerprint density at radius 3 is 2.26 bits per heavy atom. The number of benzene rings is 1. The van der Waals surface area contributed by atoms with Gasteiger partial charge >= 0.3 is 0 Å². The highest BCUT2D eigenvalue weighted by atomic mass is 35.5. The van der Waals surface area contributed by atoms with E-state index in [0.29, 0.717) is 30.4 Å². The van der Waals surface area contributed by atoms with Gasteiger partial charge in [0, 0.05) is 16.2 Å². The summed E-state index contributed by atoms with van der Waals surface area (Å²) in [7, 11) is -3.43. The number of rotatable bonds is 6. The number of anilines is 1. The summed E-state index contributed by atoms with van der Waals surface area (Å²) in [6.07, 6.45) is 3.89. The molecule has 1 aliphatic heterocycles. The second kappa shape index (κ2) is 7.72. The zero-order chi connectivity index (χ0) is 19.8. The first-order valence-electron chi connectivity index (χ1n) is 9.04. The first-order chi connectivity index (χ1) is 12.7. The van der Waals surface area contributed by atoms with E-state index in [1.54, 1.807) is 0 Å². The van der Waals surface area contributed by atoms with Crippen molar-refractivity contribution in [1.29, 1.82) is 0 Å². The summed E-state index contributed by atoms with van der Waals surface area (Å²) < 4.78 is 39.1. The van der Waals surface area contributed by atoms with Crippen LogP contribution >= 0.6 is 11.6 Å². The second-order valence-corrected chi connectivity index (χ2v) is 9.54. The summed E-state index contributed by atoms with van der Waals surface area (Å²) in [6, 6.07) is 2.19. The molecule has 8 heteroatoms. The maximum absolute atomic E-state index is 14.5. The molecule has 0 aromatic heterocycles. The molecule has 0 bridgehead atoms. The molecule has 5 nitrogen and oxygen atoms in total. The molecule has 0 N–H and O–H groups in total. The molecule has 1 aromatic rings. The van der Waals surface area contributed by atoms with Crippen LogP contribution in [0.1, 0.15) is 51.0 Å². The first kappa shape index (κ1) is 20.0. The Labute approximate surface area is 163 Å². The van der Waals surface area contributed by atoms with E-state index in [0.717, 1.165) is 30.2 Å². The van der Waals surface area contributed by atoms with Gasteiger partial charge in [0.25, 0.3) is 11.8 Å². The fourth-order valence-electron chi connectivity index (χ4n) is 3.49. The largest absolute Gasteiger partial charge is 0.269 e. The number of amides is 2. The molecular weight excluding hydrogens is 393 g/mol. The third-order valence-electron chi connectivity index (χ3n) is 4.93. The van der Waals surface area contributed by atoms with Crippen LogP contribution in [0.2, 0.25) is 5.02 Å². The average molecular weight is 414 g/mol. The Hall–Kier alpha value is -1.73. The Balaban J connectivity index is 1.96. The number of hydrogen-bond donors (Lipinski definition) is 0. The summed E-state index contributed by atoms with van der Waals surface area (Å²) in [5.41, 5.74) is 0.842. The summed E-state index contributed by atoms with van der Waals surface area (Å²) in [6.45, 7) is 1.89. The van der Waals surface area contributed by atoms with Crippen LogP contribution in [0.4, 0.5) is 10.1 Å². The number of unbranched alkanes of at least 4 members (excludes halogenated alkanes) is 1. The summed E-state index contributed by atoms with van der Waals surface area (Å²) >= 11 is 6.04. The molecule has 0 spiro atoms. The Bertz CT molecular complexity index is 911. The van der Waals surface area contributed by atoms with Gasteiger partial charge in [0.2, 0.25) is 0 Å². The molecule has 0 unspecified atom stereocenters. The summed E-state index contributed by atoms with van der Waals surface area (Å²) in [4.78, 5) is 26.1. The lowest BCUT2D eigenvalue weighted by atomic mass is 9.93. The lowest BCUT2D eigenvalue weighted by molar-refractivity contribution is -0.120. The van der Waals surface area contributed by atoms with Crippen LogP contribution in [0, 0.1) is 5.82 Å². The van der Waals surface area contributed by atoms with E-state index < -0.39 is 27.5 Å². The van der Waals surface area contributed by atoms with Crippen molar-refractivity contribution in [2.75, 3.05) is 10.7 Å². The Morgan fingerprint density at radius 2 is 1.70 bits per heavy atom. The number of hydrogen-bond acceptors (Lipinski definition) is 4. The van der Waals surface area contributed by atoms with Crippen LogP contribution in [0.3, 0.4) is 0 Å². The van der Waals surface area contributed by atoms with Gasteiger partial charge in [-0.3, -0.25) is 9.59 Å². The molecule has 1 heterocycles. The minimum absolute atomic E-state index is 0.00393. The molecule has 2 aliphatic rings. The lowest BCUT2D eigenvalue weighted by Crippen LogP contribution is -2.32. The number of carbonyl (C=O) groups excluding carboxylic acids is 2. The van der Waals surface area contributed by atoms with E-state index >= 15 is 0 Å². The molecule has 1 aromatic carbocycles. The molecule has 0 radical (unpaired) electrons. The first-order valence-corrected chi connectivity index (χ1v) is 11.2. The van der Waals surface area contributed by atoms with Gasteiger partial charge in [-0.1, -0.05) is 24.9 Å². The van der Waals surface area contributed by atoms with E-state index in [-0.39, 0.29) is 27.8 Å². The molecular formula is C19H21ClFNO4S. The number of sulfone groups is 1. The van der Waals surface area contributed by atoms with Gasteiger partial charge < -0.3 is 0 Å². The Kier molecular flexibility index (Phi) is 5.72. The van der Waals surface area contributed by atoms with Gasteiger partial charge in [-0.05, 0) is 49.8 Å². The fourth-order valence-corrected chi connectivity index (χ4v) is 5.38. The van der Waals surface area contributed by atoms with Gasteiger partial charge in [-0.15, -0.1) is 0 Å². The van der Waals surface area contributed by atoms with Crippen molar-refractivity contribution < 1.29 is 22.4 Å². The molecule has 3 rings (SSSR count). The van der Waals surface area contributed by atoms with E-state index in [1.807, 2.05) is 6.92 Å². The van der Waals surface area contributed by atoms with Gasteiger partial charge in [0.05, 0.1) is 17.2 Å². The van der Waals surface area contributed by atoms with Crippen molar-refractivity contribution in [3.05, 3.63) is 39.7 Å². The third kappa shape index (κ3) is 3.94. The van der Waals surface area contributed by atoms with Gasteiger partial charge in [0.15, 0.2) is 9.84 Å². The van der Waals surface area contributed by atoms with Gasteiger partial charge in [-0.2, -0.15) is 0 Å². The van der Waals surface area contributed by atoms with Gasteiger partial charge in [0.1, 0.15) is 5.82 Å². The van der Waals surface area contributed by atoms with Crippen molar-refractivity contribution in [2.45, 2.75) is 51.2 Å². The molecule has 2 amide bonds. The minimum Gasteiger partial charge on any atom is -0.269 e. The third-order valence-corrected chi connectivity index (χ3v) is 6.94. The van der Waals surface area contributed by atoms with E-state index in [4.69, 9.17) is 11.6 Å². The van der Waals surface area contributed by atoms with Crippen molar-refractivity contribution >= 4 is 38.9 Å². The normalized spacial score (nSPS) is 17.7. The highest BCUT2D eigenvalue weighted by molar-refractivity contribution is 7.90. The van der Waals surface area contributed by atoms with Crippen LogP contribution in [0.25, 0.3) is 0 Å². The smallest absolute Gasteiger partial charge is 0.261 e.